The molecule has 0 rings (SSSR count). The lowest BCUT2D eigenvalue weighted by molar-refractivity contribution is -0.396. The maximum atomic E-state index is 12.9. The molecule has 0 unspecified atom stereocenters. The molecule has 0 aromatic heterocycles. The molecule has 0 aliphatic carbocycles. The molecule has 0 saturated heterocycles. The number of rotatable bonds is 8. The Labute approximate surface area is 108 Å². The standard InChI is InChI=1S/C10H12F9O/c11-7(12,5-3-1-2-4-6-20)8(13,14)9(15,16)10(17,18)19/h1-6H2. The van der Waals surface area contributed by atoms with Crippen molar-refractivity contribution in [3.05, 3.63) is 0 Å². The van der Waals surface area contributed by atoms with E-state index in [9.17, 15) is 44.6 Å². The average Bonchev–Trinajstić information content (AvgIpc) is 2.26. The molecular weight excluding hydrogens is 307 g/mol. The number of unbranched alkanes of at least 4 members (excludes halogenated alkanes) is 3. The van der Waals surface area contributed by atoms with Crippen molar-refractivity contribution in [1.29, 1.82) is 0 Å². The van der Waals surface area contributed by atoms with Crippen molar-refractivity contribution in [3.8, 4) is 0 Å². The van der Waals surface area contributed by atoms with E-state index in [4.69, 9.17) is 0 Å². The van der Waals surface area contributed by atoms with Crippen LogP contribution in [0.5, 0.6) is 0 Å². The van der Waals surface area contributed by atoms with Crippen LogP contribution in [-0.4, -0.2) is 30.6 Å². The lowest BCUT2D eigenvalue weighted by Crippen LogP contribution is -2.60. The minimum absolute atomic E-state index is 0.0840. The lowest BCUT2D eigenvalue weighted by atomic mass is 9.98. The van der Waals surface area contributed by atoms with Crippen LogP contribution in [0.25, 0.3) is 0 Å². The van der Waals surface area contributed by atoms with Gasteiger partial charge in [0.15, 0.2) is 0 Å². The third-order valence-electron chi connectivity index (χ3n) is 2.59. The maximum absolute atomic E-state index is 12.9. The monoisotopic (exact) mass is 319 g/mol. The highest BCUT2D eigenvalue weighted by Crippen LogP contribution is 2.54. The Hall–Kier alpha value is -0.670. The van der Waals surface area contributed by atoms with E-state index in [0.717, 1.165) is 0 Å². The van der Waals surface area contributed by atoms with Crippen LogP contribution in [0, 0.1) is 0 Å². The third kappa shape index (κ3) is 3.92. The van der Waals surface area contributed by atoms with Crippen molar-refractivity contribution >= 4 is 0 Å². The van der Waals surface area contributed by atoms with Crippen molar-refractivity contribution in [2.75, 3.05) is 6.61 Å². The molecule has 20 heavy (non-hydrogen) atoms. The van der Waals surface area contributed by atoms with Crippen molar-refractivity contribution in [3.63, 3.8) is 0 Å². The van der Waals surface area contributed by atoms with Crippen LogP contribution in [0.1, 0.15) is 32.1 Å². The van der Waals surface area contributed by atoms with Crippen LogP contribution >= 0.6 is 0 Å². The first-order valence-corrected chi connectivity index (χ1v) is 5.59. The van der Waals surface area contributed by atoms with Crippen LogP contribution in [0.3, 0.4) is 0 Å². The third-order valence-corrected chi connectivity index (χ3v) is 2.59. The Balaban J connectivity index is 4.81. The summed E-state index contributed by atoms with van der Waals surface area (Å²) in [5.41, 5.74) is 0. The summed E-state index contributed by atoms with van der Waals surface area (Å²) in [6, 6.07) is 0. The van der Waals surface area contributed by atoms with Gasteiger partial charge in [-0.3, -0.25) is 0 Å². The molecular formula is C10H12F9O. The number of hydrogen-bond donors (Lipinski definition) is 0. The smallest absolute Gasteiger partial charge is 0.237 e. The molecule has 0 aromatic rings. The van der Waals surface area contributed by atoms with Gasteiger partial charge in [0.25, 0.3) is 0 Å². The Bertz CT molecular complexity index is 298. The first kappa shape index (κ1) is 19.3. The Morgan fingerprint density at radius 2 is 1.05 bits per heavy atom. The van der Waals surface area contributed by atoms with E-state index in [1.54, 1.807) is 0 Å². The summed E-state index contributed by atoms with van der Waals surface area (Å²) in [6.45, 7) is -0.515. The zero-order valence-electron chi connectivity index (χ0n) is 10.1. The molecule has 0 bridgehead atoms. The van der Waals surface area contributed by atoms with E-state index in [2.05, 4.69) is 0 Å². The second-order valence-corrected chi connectivity index (χ2v) is 4.22. The second-order valence-electron chi connectivity index (χ2n) is 4.22. The van der Waals surface area contributed by atoms with Crippen LogP contribution < -0.4 is 0 Å². The zero-order valence-corrected chi connectivity index (χ0v) is 10.1. The van der Waals surface area contributed by atoms with Gasteiger partial charge in [-0.2, -0.15) is 39.5 Å². The molecule has 10 heteroatoms. The molecule has 0 heterocycles. The average molecular weight is 319 g/mol. The highest BCUT2D eigenvalue weighted by molar-refractivity contribution is 5.00. The summed E-state index contributed by atoms with van der Waals surface area (Å²) in [7, 11) is 0. The Morgan fingerprint density at radius 3 is 1.45 bits per heavy atom. The van der Waals surface area contributed by atoms with Crippen molar-refractivity contribution in [1.82, 2.24) is 0 Å². The van der Waals surface area contributed by atoms with Gasteiger partial charge in [0.1, 0.15) is 0 Å². The van der Waals surface area contributed by atoms with E-state index in [-0.39, 0.29) is 19.3 Å². The van der Waals surface area contributed by atoms with E-state index in [1.807, 2.05) is 0 Å². The van der Waals surface area contributed by atoms with Gasteiger partial charge < -0.3 is 0 Å². The van der Waals surface area contributed by atoms with Gasteiger partial charge in [0.2, 0.25) is 0 Å². The van der Waals surface area contributed by atoms with Gasteiger partial charge in [0.05, 0.1) is 6.61 Å². The second kappa shape index (κ2) is 6.40. The minimum Gasteiger partial charge on any atom is -0.237 e. The number of alkyl halides is 9. The van der Waals surface area contributed by atoms with Gasteiger partial charge in [-0.25, -0.2) is 5.11 Å². The molecule has 0 atom stereocenters. The van der Waals surface area contributed by atoms with Gasteiger partial charge in [-0.1, -0.05) is 12.8 Å². The summed E-state index contributed by atoms with van der Waals surface area (Å²) in [6.07, 6.45) is -9.21. The summed E-state index contributed by atoms with van der Waals surface area (Å²) < 4.78 is 112. The predicted molar refractivity (Wildman–Crippen MR) is 49.5 cm³/mol. The molecule has 1 nitrogen and oxygen atoms in total. The topological polar surface area (TPSA) is 19.9 Å². The molecule has 0 amide bonds. The van der Waals surface area contributed by atoms with Crippen molar-refractivity contribution in [2.45, 2.75) is 56.0 Å². The van der Waals surface area contributed by atoms with E-state index < -0.39 is 43.4 Å². The van der Waals surface area contributed by atoms with Crippen LogP contribution in [0.15, 0.2) is 0 Å². The molecule has 0 aromatic carbocycles. The molecule has 0 fully saturated rings. The van der Waals surface area contributed by atoms with Crippen LogP contribution in [-0.2, 0) is 5.11 Å². The highest BCUT2D eigenvalue weighted by Gasteiger charge is 2.81. The van der Waals surface area contributed by atoms with E-state index in [1.165, 1.54) is 0 Å². The normalized spacial score (nSPS) is 14.7. The van der Waals surface area contributed by atoms with Crippen molar-refractivity contribution in [2.24, 2.45) is 0 Å². The Kier molecular flexibility index (Phi) is 6.18. The fourth-order valence-electron chi connectivity index (χ4n) is 1.37. The van der Waals surface area contributed by atoms with Gasteiger partial charge in [0, 0.05) is 6.42 Å². The Morgan fingerprint density at radius 1 is 0.600 bits per heavy atom. The quantitative estimate of drug-likeness (QED) is 0.451. The molecule has 0 N–H and O–H groups in total. The fourth-order valence-corrected chi connectivity index (χ4v) is 1.37. The fraction of sp³-hybridized carbons (Fsp3) is 1.00. The van der Waals surface area contributed by atoms with Crippen molar-refractivity contribution < 1.29 is 44.6 Å². The van der Waals surface area contributed by atoms with Gasteiger partial charge in [-0.15, -0.1) is 0 Å². The molecule has 0 saturated carbocycles. The van der Waals surface area contributed by atoms with Crippen LogP contribution in [0.4, 0.5) is 39.5 Å². The summed E-state index contributed by atoms with van der Waals surface area (Å²) in [4.78, 5) is 0. The molecule has 0 spiro atoms. The lowest BCUT2D eigenvalue weighted by Gasteiger charge is -2.33. The van der Waals surface area contributed by atoms with Gasteiger partial charge >= 0.3 is 23.9 Å². The first-order valence-electron chi connectivity index (χ1n) is 5.59. The van der Waals surface area contributed by atoms with E-state index in [0.29, 0.717) is 0 Å². The number of halogens is 9. The largest absolute Gasteiger partial charge is 0.460 e. The zero-order chi connectivity index (χ0) is 16.2. The predicted octanol–water partition coefficient (Wildman–Crippen LogP) is 4.84. The summed E-state index contributed by atoms with van der Waals surface area (Å²) >= 11 is 0. The minimum atomic E-state index is -6.82. The molecule has 0 aliphatic heterocycles. The SMILES string of the molecule is [O]CCCCCCC(F)(F)C(F)(F)C(F)(F)C(F)(F)F. The molecule has 0 aliphatic rings. The van der Waals surface area contributed by atoms with Gasteiger partial charge in [-0.05, 0) is 12.8 Å². The highest BCUT2D eigenvalue weighted by atomic mass is 19.4. The van der Waals surface area contributed by atoms with Crippen LogP contribution in [0.2, 0.25) is 0 Å². The molecule has 1 radical (unpaired) electrons. The van der Waals surface area contributed by atoms with E-state index >= 15 is 0 Å². The molecule has 121 valence electrons. The summed E-state index contributed by atoms with van der Waals surface area (Å²) in [5.74, 6) is -18.8. The maximum Gasteiger partial charge on any atom is 0.460 e. The number of hydrogen-bond acceptors (Lipinski definition) is 0. The summed E-state index contributed by atoms with van der Waals surface area (Å²) in [5, 5.41) is 10.00. The first-order chi connectivity index (χ1) is 8.81.